The first-order valence-electron chi connectivity index (χ1n) is 5.90. The molecule has 3 aliphatic rings. The van der Waals surface area contributed by atoms with Crippen LogP contribution in [0.5, 0.6) is 0 Å². The molecule has 3 rings (SSSR count). The fourth-order valence-corrected chi connectivity index (χ4v) is 3.31. The summed E-state index contributed by atoms with van der Waals surface area (Å²) in [6, 6.07) is 0. The number of Topliss-reactive ketones (excluding diaryl/α,β-unsaturated/α-hetero) is 1. The SMILES string of the molecule is CC1=C2C(CBr)=CC=C2C2=C(C1)C(=O)CCN2. The first kappa shape index (κ1) is 11.0. The summed E-state index contributed by atoms with van der Waals surface area (Å²) in [7, 11) is 0. The van der Waals surface area contributed by atoms with Crippen molar-refractivity contribution in [3.05, 3.63) is 45.7 Å². The van der Waals surface area contributed by atoms with Gasteiger partial charge in [0.1, 0.15) is 0 Å². The second-order valence-electron chi connectivity index (χ2n) is 4.69. The molecule has 0 fully saturated rings. The highest BCUT2D eigenvalue weighted by Gasteiger charge is 2.31. The van der Waals surface area contributed by atoms with E-state index in [1.807, 2.05) is 0 Å². The van der Waals surface area contributed by atoms with Crippen molar-refractivity contribution in [2.45, 2.75) is 19.8 Å². The molecular weight excluding hydrogens is 278 g/mol. The number of hydrogen-bond acceptors (Lipinski definition) is 2. The number of ketones is 1. The van der Waals surface area contributed by atoms with Crippen LogP contribution in [0.2, 0.25) is 0 Å². The minimum absolute atomic E-state index is 0.311. The molecule has 2 nitrogen and oxygen atoms in total. The Morgan fingerprint density at radius 2 is 2.24 bits per heavy atom. The second-order valence-corrected chi connectivity index (χ2v) is 5.25. The van der Waals surface area contributed by atoms with Gasteiger partial charge in [-0.25, -0.2) is 0 Å². The van der Waals surface area contributed by atoms with Crippen LogP contribution in [0.15, 0.2) is 45.7 Å². The Morgan fingerprint density at radius 3 is 3.00 bits per heavy atom. The highest BCUT2D eigenvalue weighted by Crippen LogP contribution is 2.42. The van der Waals surface area contributed by atoms with Crippen LogP contribution in [0.25, 0.3) is 0 Å². The molecule has 0 unspecified atom stereocenters. The summed E-state index contributed by atoms with van der Waals surface area (Å²) in [6.07, 6.45) is 5.72. The number of alkyl halides is 1. The molecule has 0 saturated heterocycles. The van der Waals surface area contributed by atoms with Gasteiger partial charge in [-0.2, -0.15) is 0 Å². The maximum absolute atomic E-state index is 11.9. The molecule has 3 heteroatoms. The van der Waals surface area contributed by atoms with E-state index in [2.05, 4.69) is 40.3 Å². The molecule has 17 heavy (non-hydrogen) atoms. The lowest BCUT2D eigenvalue weighted by Crippen LogP contribution is -2.31. The number of rotatable bonds is 1. The van der Waals surface area contributed by atoms with E-state index in [0.717, 1.165) is 29.6 Å². The van der Waals surface area contributed by atoms with Crippen LogP contribution in [0.3, 0.4) is 0 Å². The summed E-state index contributed by atoms with van der Waals surface area (Å²) in [5.41, 5.74) is 7.25. The highest BCUT2D eigenvalue weighted by molar-refractivity contribution is 9.09. The molecule has 1 N–H and O–H groups in total. The average Bonchev–Trinajstić information content (AvgIpc) is 2.75. The molecule has 0 amide bonds. The van der Waals surface area contributed by atoms with Crippen molar-refractivity contribution in [1.29, 1.82) is 0 Å². The topological polar surface area (TPSA) is 29.1 Å². The Morgan fingerprint density at radius 1 is 1.41 bits per heavy atom. The summed E-state index contributed by atoms with van der Waals surface area (Å²) in [5.74, 6) is 0.311. The molecule has 0 aromatic heterocycles. The molecule has 0 spiro atoms. The van der Waals surface area contributed by atoms with Crippen molar-refractivity contribution >= 4 is 21.7 Å². The standard InChI is InChI=1S/C14H14BrNO/c1-8-6-11-12(17)4-5-16-14(11)10-3-2-9(7-15)13(8)10/h2-3,16H,4-7H2,1H3. The average molecular weight is 292 g/mol. The van der Waals surface area contributed by atoms with Gasteiger partial charge in [0.25, 0.3) is 0 Å². The molecule has 0 atom stereocenters. The highest BCUT2D eigenvalue weighted by atomic mass is 79.9. The number of hydrogen-bond donors (Lipinski definition) is 1. The van der Waals surface area contributed by atoms with Gasteiger partial charge in [-0.05, 0) is 24.5 Å². The number of carbonyl (C=O) groups is 1. The first-order valence-corrected chi connectivity index (χ1v) is 7.02. The van der Waals surface area contributed by atoms with Gasteiger partial charge in [0.2, 0.25) is 0 Å². The number of allylic oxidation sites excluding steroid dienone is 6. The zero-order valence-electron chi connectivity index (χ0n) is 9.77. The smallest absolute Gasteiger partial charge is 0.163 e. The van der Waals surface area contributed by atoms with Crippen LogP contribution in [0, 0.1) is 0 Å². The summed E-state index contributed by atoms with van der Waals surface area (Å²) in [6.45, 7) is 2.90. The van der Waals surface area contributed by atoms with Gasteiger partial charge >= 0.3 is 0 Å². The zero-order chi connectivity index (χ0) is 12.0. The lowest BCUT2D eigenvalue weighted by Gasteiger charge is -2.29. The van der Waals surface area contributed by atoms with Crippen molar-refractivity contribution in [3.8, 4) is 0 Å². The van der Waals surface area contributed by atoms with Gasteiger partial charge in [-0.1, -0.05) is 33.7 Å². The van der Waals surface area contributed by atoms with E-state index in [-0.39, 0.29) is 0 Å². The Labute approximate surface area is 109 Å². The minimum Gasteiger partial charge on any atom is -0.384 e. The molecule has 0 aromatic carbocycles. The normalized spacial score (nSPS) is 23.1. The predicted octanol–water partition coefficient (Wildman–Crippen LogP) is 2.78. The summed E-state index contributed by atoms with van der Waals surface area (Å²) in [4.78, 5) is 11.9. The molecule has 0 bridgehead atoms. The molecule has 0 saturated carbocycles. The van der Waals surface area contributed by atoms with Crippen molar-refractivity contribution in [3.63, 3.8) is 0 Å². The van der Waals surface area contributed by atoms with E-state index in [1.54, 1.807) is 0 Å². The molecular formula is C14H14BrNO. The monoisotopic (exact) mass is 291 g/mol. The number of fused-ring (bicyclic) bond motifs is 2. The van der Waals surface area contributed by atoms with Gasteiger partial charge in [-0.3, -0.25) is 4.79 Å². The number of carbonyl (C=O) groups excluding carboxylic acids is 1. The van der Waals surface area contributed by atoms with Crippen LogP contribution in [-0.2, 0) is 4.79 Å². The van der Waals surface area contributed by atoms with Crippen LogP contribution in [-0.4, -0.2) is 17.7 Å². The maximum atomic E-state index is 11.9. The van der Waals surface area contributed by atoms with Crippen LogP contribution >= 0.6 is 15.9 Å². The Hall–Kier alpha value is -1.09. The van der Waals surface area contributed by atoms with Crippen molar-refractivity contribution < 1.29 is 4.79 Å². The largest absolute Gasteiger partial charge is 0.384 e. The van der Waals surface area contributed by atoms with Crippen molar-refractivity contribution in [2.75, 3.05) is 11.9 Å². The lowest BCUT2D eigenvalue weighted by atomic mass is 9.82. The third-order valence-electron chi connectivity index (χ3n) is 3.62. The van der Waals surface area contributed by atoms with Crippen LogP contribution in [0.4, 0.5) is 0 Å². The maximum Gasteiger partial charge on any atom is 0.163 e. The van der Waals surface area contributed by atoms with E-state index in [1.165, 1.54) is 22.3 Å². The van der Waals surface area contributed by atoms with E-state index >= 15 is 0 Å². The van der Waals surface area contributed by atoms with Crippen molar-refractivity contribution in [1.82, 2.24) is 5.32 Å². The predicted molar refractivity (Wildman–Crippen MR) is 71.9 cm³/mol. The van der Waals surface area contributed by atoms with Crippen LogP contribution < -0.4 is 5.32 Å². The molecule has 0 radical (unpaired) electrons. The Bertz CT molecular complexity index is 534. The van der Waals surface area contributed by atoms with Gasteiger partial charge < -0.3 is 5.32 Å². The second kappa shape index (κ2) is 3.98. The van der Waals surface area contributed by atoms with E-state index in [4.69, 9.17) is 0 Å². The first-order chi connectivity index (χ1) is 8.22. The lowest BCUT2D eigenvalue weighted by molar-refractivity contribution is -0.116. The summed E-state index contributed by atoms with van der Waals surface area (Å²) < 4.78 is 0. The number of halogens is 1. The summed E-state index contributed by atoms with van der Waals surface area (Å²) >= 11 is 3.53. The molecule has 1 aliphatic heterocycles. The molecule has 88 valence electrons. The van der Waals surface area contributed by atoms with Gasteiger partial charge in [-0.15, -0.1) is 0 Å². The fourth-order valence-electron chi connectivity index (χ4n) is 2.84. The van der Waals surface area contributed by atoms with Crippen molar-refractivity contribution in [2.24, 2.45) is 0 Å². The van der Waals surface area contributed by atoms with E-state index in [0.29, 0.717) is 12.2 Å². The Kier molecular flexibility index (Phi) is 2.58. The quantitative estimate of drug-likeness (QED) is 0.753. The molecule has 2 aliphatic carbocycles. The zero-order valence-corrected chi connectivity index (χ0v) is 11.4. The Balaban J connectivity index is 2.09. The number of nitrogens with one attached hydrogen (secondary N) is 1. The molecule has 1 heterocycles. The third-order valence-corrected chi connectivity index (χ3v) is 4.22. The van der Waals surface area contributed by atoms with E-state index < -0.39 is 0 Å². The van der Waals surface area contributed by atoms with Gasteiger partial charge in [0, 0.05) is 35.1 Å². The summed E-state index contributed by atoms with van der Waals surface area (Å²) in [5, 5.41) is 4.27. The van der Waals surface area contributed by atoms with Gasteiger partial charge in [0.15, 0.2) is 5.78 Å². The van der Waals surface area contributed by atoms with Gasteiger partial charge in [0.05, 0.1) is 0 Å². The minimum atomic E-state index is 0.311. The van der Waals surface area contributed by atoms with E-state index in [9.17, 15) is 4.79 Å². The fraction of sp³-hybridized carbons (Fsp3) is 0.357. The third kappa shape index (κ3) is 1.56. The molecule has 0 aromatic rings. The van der Waals surface area contributed by atoms with Crippen LogP contribution in [0.1, 0.15) is 19.8 Å².